The van der Waals surface area contributed by atoms with Gasteiger partial charge in [0.25, 0.3) is 5.89 Å². The molecule has 0 fully saturated rings. The third-order valence-corrected chi connectivity index (χ3v) is 4.18. The maximum absolute atomic E-state index is 14.4. The highest BCUT2D eigenvalue weighted by Gasteiger charge is 2.20. The summed E-state index contributed by atoms with van der Waals surface area (Å²) in [7, 11) is 0. The van der Waals surface area contributed by atoms with Crippen molar-refractivity contribution in [2.45, 2.75) is 27.7 Å². The zero-order valence-corrected chi connectivity index (χ0v) is 14.3. The number of aromatic carboxylic acids is 1. The molecule has 0 radical (unpaired) electrons. The number of benzene rings is 2. The molecule has 0 saturated heterocycles. The monoisotopic (exact) mass is 340 g/mol. The van der Waals surface area contributed by atoms with Gasteiger partial charge in [-0.2, -0.15) is 4.98 Å². The van der Waals surface area contributed by atoms with Crippen molar-refractivity contribution in [1.82, 2.24) is 10.1 Å². The molecular weight excluding hydrogens is 323 g/mol. The predicted molar refractivity (Wildman–Crippen MR) is 91.0 cm³/mol. The molecule has 1 aromatic heterocycles. The van der Waals surface area contributed by atoms with Crippen LogP contribution in [0.3, 0.4) is 0 Å². The summed E-state index contributed by atoms with van der Waals surface area (Å²) in [4.78, 5) is 15.7. The zero-order chi connectivity index (χ0) is 18.3. The summed E-state index contributed by atoms with van der Waals surface area (Å²) < 4.78 is 19.7. The third kappa shape index (κ3) is 2.91. The molecule has 0 atom stereocenters. The fraction of sp³-hybridized carbons (Fsp3) is 0.211. The molecule has 3 aromatic rings. The van der Waals surface area contributed by atoms with E-state index in [1.807, 2.05) is 13.8 Å². The quantitative estimate of drug-likeness (QED) is 0.761. The number of aromatic nitrogens is 2. The Morgan fingerprint density at radius 3 is 2.52 bits per heavy atom. The number of nitrogens with zero attached hydrogens (tertiary/aromatic N) is 2. The molecular formula is C19H17FN2O3. The van der Waals surface area contributed by atoms with Crippen LogP contribution in [0, 0.1) is 33.5 Å². The second-order valence-electron chi connectivity index (χ2n) is 6.10. The normalized spacial score (nSPS) is 10.9. The largest absolute Gasteiger partial charge is 0.478 e. The van der Waals surface area contributed by atoms with Gasteiger partial charge in [-0.3, -0.25) is 0 Å². The van der Waals surface area contributed by atoms with Gasteiger partial charge in [0.1, 0.15) is 5.82 Å². The Morgan fingerprint density at radius 2 is 1.84 bits per heavy atom. The van der Waals surface area contributed by atoms with E-state index < -0.39 is 11.8 Å². The van der Waals surface area contributed by atoms with E-state index in [4.69, 9.17) is 4.52 Å². The van der Waals surface area contributed by atoms with Crippen LogP contribution in [-0.4, -0.2) is 21.2 Å². The van der Waals surface area contributed by atoms with Crippen molar-refractivity contribution in [3.63, 3.8) is 0 Å². The first-order valence-corrected chi connectivity index (χ1v) is 7.74. The zero-order valence-electron chi connectivity index (χ0n) is 14.3. The summed E-state index contributed by atoms with van der Waals surface area (Å²) in [6.45, 7) is 7.06. The topological polar surface area (TPSA) is 76.2 Å². The molecule has 0 bridgehead atoms. The Bertz CT molecular complexity index is 993. The van der Waals surface area contributed by atoms with Gasteiger partial charge in [0.15, 0.2) is 0 Å². The molecule has 5 nitrogen and oxygen atoms in total. The van der Waals surface area contributed by atoms with Crippen LogP contribution in [0.2, 0.25) is 0 Å². The van der Waals surface area contributed by atoms with E-state index in [0.29, 0.717) is 16.7 Å². The number of hydrogen-bond donors (Lipinski definition) is 1. The number of carbonyl (C=O) groups is 1. The Morgan fingerprint density at radius 1 is 1.12 bits per heavy atom. The average molecular weight is 340 g/mol. The molecule has 0 amide bonds. The minimum absolute atomic E-state index is 0.0684. The highest BCUT2D eigenvalue weighted by atomic mass is 19.1. The van der Waals surface area contributed by atoms with Crippen LogP contribution in [0.1, 0.15) is 32.6 Å². The van der Waals surface area contributed by atoms with Gasteiger partial charge in [-0.1, -0.05) is 17.3 Å². The number of halogens is 1. The molecule has 1 N–H and O–H groups in total. The molecule has 0 aliphatic heterocycles. The summed E-state index contributed by atoms with van der Waals surface area (Å²) >= 11 is 0. The van der Waals surface area contributed by atoms with E-state index in [2.05, 4.69) is 10.1 Å². The standard InChI is InChI=1S/C19H17FN2O3/c1-9-7-11(3)16(20)14(8-9)18-21-17(22-25-18)15-10(2)5-6-13(12(15)4)19(23)24/h5-8H,1-4H3,(H,23,24). The first-order chi connectivity index (χ1) is 11.8. The molecule has 0 unspecified atom stereocenters. The van der Waals surface area contributed by atoms with Gasteiger partial charge in [0.2, 0.25) is 5.82 Å². The summed E-state index contributed by atoms with van der Waals surface area (Å²) in [6.07, 6.45) is 0. The van der Waals surface area contributed by atoms with Crippen molar-refractivity contribution >= 4 is 5.97 Å². The lowest BCUT2D eigenvalue weighted by Crippen LogP contribution is -2.03. The third-order valence-electron chi connectivity index (χ3n) is 4.18. The van der Waals surface area contributed by atoms with E-state index >= 15 is 0 Å². The maximum atomic E-state index is 14.4. The first-order valence-electron chi connectivity index (χ1n) is 7.74. The lowest BCUT2D eigenvalue weighted by molar-refractivity contribution is 0.0696. The van der Waals surface area contributed by atoms with Crippen molar-refractivity contribution in [3.05, 3.63) is 57.9 Å². The van der Waals surface area contributed by atoms with Gasteiger partial charge >= 0.3 is 5.97 Å². The fourth-order valence-corrected chi connectivity index (χ4v) is 2.96. The SMILES string of the molecule is Cc1cc(C)c(F)c(-c2nc(-c3c(C)ccc(C(=O)O)c3C)no2)c1. The summed E-state index contributed by atoms with van der Waals surface area (Å²) in [5.41, 5.74) is 3.73. The van der Waals surface area contributed by atoms with E-state index in [1.54, 1.807) is 38.1 Å². The number of hydrogen-bond acceptors (Lipinski definition) is 4. The van der Waals surface area contributed by atoms with Crippen LogP contribution < -0.4 is 0 Å². The summed E-state index contributed by atoms with van der Waals surface area (Å²) in [5.74, 6) is -1.12. The fourth-order valence-electron chi connectivity index (χ4n) is 2.96. The van der Waals surface area contributed by atoms with Crippen molar-refractivity contribution in [2.24, 2.45) is 0 Å². The highest BCUT2D eigenvalue weighted by molar-refractivity contribution is 5.92. The minimum Gasteiger partial charge on any atom is -0.478 e. The Labute approximate surface area is 144 Å². The molecule has 0 spiro atoms. The van der Waals surface area contributed by atoms with Crippen LogP contribution >= 0.6 is 0 Å². The maximum Gasteiger partial charge on any atom is 0.335 e. The average Bonchev–Trinajstić information content (AvgIpc) is 3.00. The molecule has 3 rings (SSSR count). The highest BCUT2D eigenvalue weighted by Crippen LogP contribution is 2.31. The van der Waals surface area contributed by atoms with Crippen LogP contribution in [0.15, 0.2) is 28.8 Å². The summed E-state index contributed by atoms with van der Waals surface area (Å²) in [6, 6.07) is 6.62. The second-order valence-corrected chi connectivity index (χ2v) is 6.10. The molecule has 0 saturated carbocycles. The molecule has 0 aliphatic carbocycles. The number of rotatable bonds is 3. The Hall–Kier alpha value is -3.02. The van der Waals surface area contributed by atoms with Crippen molar-refractivity contribution in [2.75, 3.05) is 0 Å². The molecule has 0 aliphatic rings. The lowest BCUT2D eigenvalue weighted by atomic mass is 9.97. The van der Waals surface area contributed by atoms with E-state index in [9.17, 15) is 14.3 Å². The molecule has 128 valence electrons. The van der Waals surface area contributed by atoms with Gasteiger partial charge in [-0.15, -0.1) is 0 Å². The van der Waals surface area contributed by atoms with Gasteiger partial charge in [0, 0.05) is 5.56 Å². The van der Waals surface area contributed by atoms with Gasteiger partial charge < -0.3 is 9.63 Å². The minimum atomic E-state index is -1.03. The van der Waals surface area contributed by atoms with Crippen LogP contribution in [-0.2, 0) is 0 Å². The van der Waals surface area contributed by atoms with E-state index in [0.717, 1.165) is 11.1 Å². The number of aryl methyl sites for hydroxylation is 3. The molecule has 2 aromatic carbocycles. The Kier molecular flexibility index (Phi) is 4.12. The Balaban J connectivity index is 2.15. The molecule has 6 heteroatoms. The van der Waals surface area contributed by atoms with Gasteiger partial charge in [-0.05, 0) is 62.1 Å². The van der Waals surface area contributed by atoms with Crippen molar-refractivity contribution < 1.29 is 18.8 Å². The van der Waals surface area contributed by atoms with E-state index in [1.165, 1.54) is 0 Å². The van der Waals surface area contributed by atoms with Gasteiger partial charge in [-0.25, -0.2) is 9.18 Å². The second kappa shape index (κ2) is 6.12. The van der Waals surface area contributed by atoms with Crippen LogP contribution in [0.5, 0.6) is 0 Å². The van der Waals surface area contributed by atoms with Gasteiger partial charge in [0.05, 0.1) is 11.1 Å². The van der Waals surface area contributed by atoms with Crippen molar-refractivity contribution in [1.29, 1.82) is 0 Å². The smallest absolute Gasteiger partial charge is 0.335 e. The number of carboxylic acids is 1. The van der Waals surface area contributed by atoms with Crippen LogP contribution in [0.25, 0.3) is 22.8 Å². The van der Waals surface area contributed by atoms with E-state index in [-0.39, 0.29) is 22.8 Å². The lowest BCUT2D eigenvalue weighted by Gasteiger charge is -2.08. The molecule has 1 heterocycles. The van der Waals surface area contributed by atoms with Crippen molar-refractivity contribution in [3.8, 4) is 22.8 Å². The summed E-state index contributed by atoms with van der Waals surface area (Å²) in [5, 5.41) is 13.2. The number of carboxylic acid groups (broad SMARTS) is 1. The first kappa shape index (κ1) is 16.8. The molecule has 25 heavy (non-hydrogen) atoms. The van der Waals surface area contributed by atoms with Crippen LogP contribution in [0.4, 0.5) is 4.39 Å². The predicted octanol–water partition coefficient (Wildman–Crippen LogP) is 4.47.